The second kappa shape index (κ2) is 17.8. The Hall–Kier alpha value is -1.64. The molecule has 0 saturated carbocycles. The van der Waals surface area contributed by atoms with Crippen molar-refractivity contribution in [3.05, 3.63) is 89.0 Å². The largest absolute Gasteiger partial charge is 4.00 e. The van der Waals surface area contributed by atoms with Crippen LogP contribution >= 0.6 is 0 Å². The van der Waals surface area contributed by atoms with Crippen LogP contribution in [-0.4, -0.2) is 0 Å². The Bertz CT molecular complexity index is 969. The molecule has 0 N–H and O–H groups in total. The van der Waals surface area contributed by atoms with Gasteiger partial charge in [0.2, 0.25) is 0 Å². The molecule has 0 unspecified atom stereocenters. The fourth-order valence-corrected chi connectivity index (χ4v) is 3.45. The topological polar surface area (TPSA) is 0 Å². The first-order chi connectivity index (χ1) is 14.8. The summed E-state index contributed by atoms with van der Waals surface area (Å²) in [7, 11) is 0. The maximum atomic E-state index is 3.52. The van der Waals surface area contributed by atoms with Gasteiger partial charge in [-0.05, 0) is 43.4 Å². The zero-order valence-electron chi connectivity index (χ0n) is 19.5. The van der Waals surface area contributed by atoms with Gasteiger partial charge >= 0.3 is 25.8 Å². The van der Waals surface area contributed by atoms with Crippen molar-refractivity contribution in [2.24, 2.45) is 0 Å². The Labute approximate surface area is 231 Å². The van der Waals surface area contributed by atoms with Crippen LogP contribution in [0.3, 0.4) is 0 Å². The van der Waals surface area contributed by atoms with Crippen molar-refractivity contribution in [3.8, 4) is 34.8 Å². The summed E-state index contributed by atoms with van der Waals surface area (Å²) in [4.78, 5) is 0. The van der Waals surface area contributed by atoms with E-state index >= 15 is 0 Å². The molecule has 3 aromatic rings. The molecule has 3 aromatic carbocycles. The molecule has 0 saturated heterocycles. The molecule has 0 spiro atoms. The van der Waals surface area contributed by atoms with E-state index in [9.17, 15) is 0 Å². The van der Waals surface area contributed by atoms with Gasteiger partial charge in [0.05, 0.1) is 0 Å². The zero-order valence-corrected chi connectivity index (χ0v) is 24.6. The van der Waals surface area contributed by atoms with Gasteiger partial charge in [-0.1, -0.05) is 55.7 Å². The first-order valence-electron chi connectivity index (χ1n) is 11.1. The number of fused-ring (bicyclic) bond motifs is 3. The molecule has 1 aliphatic carbocycles. The minimum absolute atomic E-state index is 0. The monoisotopic (exact) mass is 640 g/mol. The van der Waals surface area contributed by atoms with Gasteiger partial charge in [0.1, 0.15) is 0 Å². The molecule has 3 heteroatoms. The van der Waals surface area contributed by atoms with Gasteiger partial charge in [0, 0.05) is 12.0 Å². The fraction of sp³-hybridized carbons (Fsp3) is 0.300. The summed E-state index contributed by atoms with van der Waals surface area (Å²) in [6.45, 7) is 4.40. The van der Waals surface area contributed by atoms with Gasteiger partial charge in [0.15, 0.2) is 0 Å². The average molecular weight is 640 g/mol. The van der Waals surface area contributed by atoms with Gasteiger partial charge in [-0.15, -0.1) is 29.3 Å². The van der Waals surface area contributed by atoms with Gasteiger partial charge in [0.25, 0.3) is 0 Å². The molecule has 0 heterocycles. The van der Waals surface area contributed by atoms with Crippen molar-refractivity contribution in [3.63, 3.8) is 0 Å². The minimum Gasteiger partial charge on any atom is -1.00 e. The van der Waals surface area contributed by atoms with Crippen molar-refractivity contribution in [1.29, 1.82) is 0 Å². The Morgan fingerprint density at radius 2 is 1.48 bits per heavy atom. The summed E-state index contributed by atoms with van der Waals surface area (Å²) in [5.74, 6) is 13.1. The second-order valence-electron chi connectivity index (χ2n) is 7.59. The van der Waals surface area contributed by atoms with Crippen molar-refractivity contribution >= 4 is 0 Å². The van der Waals surface area contributed by atoms with E-state index in [2.05, 4.69) is 73.9 Å². The van der Waals surface area contributed by atoms with Gasteiger partial charge in [-0.2, -0.15) is 30.0 Å². The number of benzene rings is 2. The van der Waals surface area contributed by atoms with E-state index in [0.29, 0.717) is 0 Å². The Kier molecular flexibility index (Phi) is 16.9. The summed E-state index contributed by atoms with van der Waals surface area (Å²) in [5.41, 5.74) is 7.41. The summed E-state index contributed by atoms with van der Waals surface area (Å²) >= 11 is 0. The normalized spacial score (nSPS) is 9.52. The molecule has 4 rings (SSSR count). The predicted molar refractivity (Wildman–Crippen MR) is 128 cm³/mol. The standard InChI is InChI=1S/C25H25.C5H5.2ClH.Hf/c1-3-5-7-9-11-20-13-15-24-22(17-20)19-23-18-21(14-16-25(23)24)12-10-8-6-4-2;1-2-4-5-3-1;;;/h13-17H,3-8,19H2,1-2H3;1-5H;2*1H;/q2*-1;;;+4/p-2. The van der Waals surface area contributed by atoms with Crippen LogP contribution in [0.25, 0.3) is 11.1 Å². The van der Waals surface area contributed by atoms with Crippen LogP contribution in [0.5, 0.6) is 0 Å². The average Bonchev–Trinajstić information content (AvgIpc) is 3.45. The third-order valence-electron chi connectivity index (χ3n) is 5.11. The molecule has 168 valence electrons. The molecule has 33 heavy (non-hydrogen) atoms. The Morgan fingerprint density at radius 1 is 0.848 bits per heavy atom. The van der Waals surface area contributed by atoms with E-state index in [0.717, 1.165) is 30.4 Å². The van der Waals surface area contributed by atoms with E-state index in [1.165, 1.54) is 47.9 Å². The molecule has 0 nitrogen and oxygen atoms in total. The van der Waals surface area contributed by atoms with Crippen LogP contribution < -0.4 is 24.8 Å². The van der Waals surface area contributed by atoms with Gasteiger partial charge < -0.3 is 24.8 Å². The van der Waals surface area contributed by atoms with E-state index < -0.39 is 0 Å². The van der Waals surface area contributed by atoms with E-state index in [4.69, 9.17) is 0 Å². The smallest absolute Gasteiger partial charge is 1.00 e. The third kappa shape index (κ3) is 10.0. The molecule has 0 fully saturated rings. The molecular formula is C30H30Cl2Hf. The summed E-state index contributed by atoms with van der Waals surface area (Å²) in [6.07, 6.45) is 7.66. The summed E-state index contributed by atoms with van der Waals surface area (Å²) < 4.78 is 0. The Morgan fingerprint density at radius 3 is 2.09 bits per heavy atom. The number of hydrogen-bond acceptors (Lipinski definition) is 0. The second-order valence-corrected chi connectivity index (χ2v) is 7.59. The van der Waals surface area contributed by atoms with Crippen LogP contribution in [0.1, 0.15) is 74.6 Å². The number of unbranched alkanes of at least 4 members (excludes halogenated alkanes) is 4. The maximum Gasteiger partial charge on any atom is 4.00 e. The molecule has 0 aliphatic heterocycles. The van der Waals surface area contributed by atoms with Crippen molar-refractivity contribution in [2.75, 3.05) is 0 Å². The van der Waals surface area contributed by atoms with Crippen LogP contribution in [-0.2, 0) is 32.3 Å². The van der Waals surface area contributed by atoms with Crippen molar-refractivity contribution < 1.29 is 50.7 Å². The number of hydrogen-bond donors (Lipinski definition) is 0. The molecular weight excluding hydrogens is 610 g/mol. The molecule has 1 aliphatic rings. The molecule has 0 amide bonds. The number of halogens is 2. The Balaban J connectivity index is 0.00000114. The minimum atomic E-state index is 0. The number of rotatable bonds is 4. The molecule has 0 radical (unpaired) electrons. The van der Waals surface area contributed by atoms with Crippen LogP contribution in [0.15, 0.2) is 60.7 Å². The quantitative estimate of drug-likeness (QED) is 0.138. The first kappa shape index (κ1) is 31.4. The molecule has 0 bridgehead atoms. The maximum absolute atomic E-state index is 3.52. The van der Waals surface area contributed by atoms with Crippen LogP contribution in [0.4, 0.5) is 0 Å². The summed E-state index contributed by atoms with van der Waals surface area (Å²) in [5, 5.41) is 0. The van der Waals surface area contributed by atoms with Crippen molar-refractivity contribution in [2.45, 2.75) is 58.8 Å². The van der Waals surface area contributed by atoms with Crippen LogP contribution in [0, 0.1) is 29.7 Å². The fourth-order valence-electron chi connectivity index (χ4n) is 3.45. The molecule has 0 atom stereocenters. The zero-order chi connectivity index (χ0) is 21.0. The first-order valence-corrected chi connectivity index (χ1v) is 11.1. The van der Waals surface area contributed by atoms with E-state index in [1.807, 2.05) is 30.3 Å². The summed E-state index contributed by atoms with van der Waals surface area (Å²) in [6, 6.07) is 24.4. The van der Waals surface area contributed by atoms with E-state index in [1.54, 1.807) is 0 Å². The van der Waals surface area contributed by atoms with Gasteiger partial charge in [-0.25, -0.2) is 12.1 Å². The van der Waals surface area contributed by atoms with Gasteiger partial charge in [-0.3, -0.25) is 0 Å². The SMILES string of the molecule is CCCCC#Cc1[c-]c2c(cc1)-c1ccc(C#CCCCC)cc1C2.[Cl-].[Cl-].[Hf+4].c1cc[cH-]c1. The van der Waals surface area contributed by atoms with Crippen LogP contribution in [0.2, 0.25) is 0 Å². The van der Waals surface area contributed by atoms with E-state index in [-0.39, 0.29) is 50.7 Å². The predicted octanol–water partition coefficient (Wildman–Crippen LogP) is 1.55. The third-order valence-corrected chi connectivity index (χ3v) is 5.11. The van der Waals surface area contributed by atoms with Crippen molar-refractivity contribution in [1.82, 2.24) is 0 Å². The molecule has 0 aromatic heterocycles.